The monoisotopic (exact) mass is 273 g/mol. The SMILES string of the molecule is CCNc1c(C(=O)O)oc2cc(C(F)(F)F)ccc12. The summed E-state index contributed by atoms with van der Waals surface area (Å²) in [6.07, 6.45) is -4.50. The zero-order valence-electron chi connectivity index (χ0n) is 9.84. The molecule has 0 atom stereocenters. The number of carboxylic acids is 1. The Kier molecular flexibility index (Phi) is 3.13. The highest BCUT2D eigenvalue weighted by atomic mass is 19.4. The second-order valence-electron chi connectivity index (χ2n) is 3.85. The van der Waals surface area contributed by atoms with Crippen molar-refractivity contribution in [2.75, 3.05) is 11.9 Å². The lowest BCUT2D eigenvalue weighted by molar-refractivity contribution is -0.137. The zero-order chi connectivity index (χ0) is 14.2. The molecule has 2 N–H and O–H groups in total. The number of benzene rings is 1. The van der Waals surface area contributed by atoms with Crippen LogP contribution in [0.15, 0.2) is 22.6 Å². The molecule has 0 aliphatic rings. The van der Waals surface area contributed by atoms with Crippen LogP contribution in [0.4, 0.5) is 18.9 Å². The summed E-state index contributed by atoms with van der Waals surface area (Å²) in [5.41, 5.74) is -0.796. The van der Waals surface area contributed by atoms with Gasteiger partial charge in [0.15, 0.2) is 0 Å². The van der Waals surface area contributed by atoms with Gasteiger partial charge >= 0.3 is 12.1 Å². The molecule has 0 saturated carbocycles. The van der Waals surface area contributed by atoms with Gasteiger partial charge in [-0.15, -0.1) is 0 Å². The predicted octanol–water partition coefficient (Wildman–Crippen LogP) is 3.58. The van der Waals surface area contributed by atoms with E-state index in [9.17, 15) is 18.0 Å². The molecule has 1 heterocycles. The lowest BCUT2D eigenvalue weighted by Gasteiger charge is -2.05. The highest BCUT2D eigenvalue weighted by molar-refractivity contribution is 6.03. The fourth-order valence-electron chi connectivity index (χ4n) is 1.78. The molecule has 2 rings (SSSR count). The maximum Gasteiger partial charge on any atom is 0.416 e. The van der Waals surface area contributed by atoms with Crippen LogP contribution in [0.5, 0.6) is 0 Å². The van der Waals surface area contributed by atoms with Gasteiger partial charge < -0.3 is 14.8 Å². The van der Waals surface area contributed by atoms with Gasteiger partial charge in [-0.25, -0.2) is 4.79 Å². The Balaban J connectivity index is 2.66. The second-order valence-corrected chi connectivity index (χ2v) is 3.85. The van der Waals surface area contributed by atoms with Crippen LogP contribution in [-0.4, -0.2) is 17.6 Å². The molecule has 2 aromatic rings. The lowest BCUT2D eigenvalue weighted by atomic mass is 10.1. The molecule has 0 saturated heterocycles. The fraction of sp³-hybridized carbons (Fsp3) is 0.250. The molecule has 0 bridgehead atoms. The molecule has 19 heavy (non-hydrogen) atoms. The van der Waals surface area contributed by atoms with Gasteiger partial charge in [-0.3, -0.25) is 0 Å². The van der Waals surface area contributed by atoms with Crippen molar-refractivity contribution >= 4 is 22.6 Å². The molecule has 0 spiro atoms. The Hall–Kier alpha value is -2.18. The smallest absolute Gasteiger partial charge is 0.416 e. The van der Waals surface area contributed by atoms with Gasteiger partial charge in [0.2, 0.25) is 5.76 Å². The number of carboxylic acid groups (broad SMARTS) is 1. The largest absolute Gasteiger partial charge is 0.475 e. The van der Waals surface area contributed by atoms with E-state index in [0.717, 1.165) is 12.1 Å². The van der Waals surface area contributed by atoms with Gasteiger partial charge in [-0.05, 0) is 25.1 Å². The molecule has 1 aromatic carbocycles. The van der Waals surface area contributed by atoms with Crippen LogP contribution in [0.2, 0.25) is 0 Å². The molecule has 1 aromatic heterocycles. The summed E-state index contributed by atoms with van der Waals surface area (Å²) in [6, 6.07) is 2.89. The summed E-state index contributed by atoms with van der Waals surface area (Å²) < 4.78 is 42.7. The minimum Gasteiger partial charge on any atom is -0.475 e. The van der Waals surface area contributed by atoms with Gasteiger partial charge in [0, 0.05) is 11.9 Å². The summed E-state index contributed by atoms with van der Waals surface area (Å²) in [6.45, 7) is 2.17. The van der Waals surface area contributed by atoms with Gasteiger partial charge in [-0.2, -0.15) is 13.2 Å². The van der Waals surface area contributed by atoms with E-state index >= 15 is 0 Å². The minimum absolute atomic E-state index is 0.108. The van der Waals surface area contributed by atoms with Crippen LogP contribution in [0, 0.1) is 0 Å². The Morgan fingerprint density at radius 1 is 1.42 bits per heavy atom. The number of hydrogen-bond acceptors (Lipinski definition) is 3. The lowest BCUT2D eigenvalue weighted by Crippen LogP contribution is -2.04. The topological polar surface area (TPSA) is 62.5 Å². The fourth-order valence-corrected chi connectivity index (χ4v) is 1.78. The van der Waals surface area contributed by atoms with E-state index in [-0.39, 0.29) is 11.3 Å². The first kappa shape index (κ1) is 13.3. The Morgan fingerprint density at radius 2 is 2.11 bits per heavy atom. The number of carbonyl (C=O) groups is 1. The maximum atomic E-state index is 12.6. The van der Waals surface area contributed by atoms with E-state index in [2.05, 4.69) is 5.32 Å². The van der Waals surface area contributed by atoms with Crippen molar-refractivity contribution in [3.63, 3.8) is 0 Å². The number of fused-ring (bicyclic) bond motifs is 1. The highest BCUT2D eigenvalue weighted by Gasteiger charge is 2.31. The average molecular weight is 273 g/mol. The number of aromatic carboxylic acids is 1. The molecular weight excluding hydrogens is 263 g/mol. The number of rotatable bonds is 3. The molecule has 102 valence electrons. The van der Waals surface area contributed by atoms with Crippen LogP contribution in [0.1, 0.15) is 23.0 Å². The van der Waals surface area contributed by atoms with Crippen LogP contribution in [0.25, 0.3) is 11.0 Å². The van der Waals surface area contributed by atoms with Crippen molar-refractivity contribution in [2.24, 2.45) is 0 Å². The number of alkyl halides is 3. The van der Waals surface area contributed by atoms with E-state index in [1.807, 2.05) is 0 Å². The van der Waals surface area contributed by atoms with Crippen LogP contribution in [0.3, 0.4) is 0 Å². The molecule has 0 amide bonds. The molecule has 0 unspecified atom stereocenters. The first-order valence-electron chi connectivity index (χ1n) is 5.45. The Morgan fingerprint density at radius 3 is 2.63 bits per heavy atom. The number of anilines is 1. The van der Waals surface area contributed by atoms with Gasteiger partial charge in [0.1, 0.15) is 5.58 Å². The summed E-state index contributed by atoms with van der Waals surface area (Å²) in [5.74, 6) is -1.73. The van der Waals surface area contributed by atoms with Gasteiger partial charge in [0.25, 0.3) is 0 Å². The number of furan rings is 1. The van der Waals surface area contributed by atoms with Crippen molar-refractivity contribution in [2.45, 2.75) is 13.1 Å². The Labute approximate surface area is 105 Å². The van der Waals surface area contributed by atoms with E-state index in [1.54, 1.807) is 6.92 Å². The van der Waals surface area contributed by atoms with Crippen molar-refractivity contribution in [3.05, 3.63) is 29.5 Å². The normalized spacial score (nSPS) is 11.8. The predicted molar refractivity (Wildman–Crippen MR) is 62.3 cm³/mol. The first-order valence-corrected chi connectivity index (χ1v) is 5.45. The molecule has 0 aliphatic carbocycles. The third-order valence-electron chi connectivity index (χ3n) is 2.57. The number of hydrogen-bond donors (Lipinski definition) is 2. The minimum atomic E-state index is -4.50. The third kappa shape index (κ3) is 2.35. The van der Waals surface area contributed by atoms with E-state index in [1.165, 1.54) is 6.07 Å². The third-order valence-corrected chi connectivity index (χ3v) is 2.57. The van der Waals surface area contributed by atoms with Crippen molar-refractivity contribution in [1.82, 2.24) is 0 Å². The first-order chi connectivity index (χ1) is 8.84. The quantitative estimate of drug-likeness (QED) is 0.897. The number of halogens is 3. The summed E-state index contributed by atoms with van der Waals surface area (Å²) in [7, 11) is 0. The van der Waals surface area contributed by atoms with Crippen LogP contribution >= 0.6 is 0 Å². The van der Waals surface area contributed by atoms with Crippen molar-refractivity contribution in [1.29, 1.82) is 0 Å². The summed E-state index contributed by atoms with van der Waals surface area (Å²) in [4.78, 5) is 11.0. The van der Waals surface area contributed by atoms with Crippen LogP contribution in [-0.2, 0) is 6.18 Å². The van der Waals surface area contributed by atoms with E-state index in [0.29, 0.717) is 11.9 Å². The van der Waals surface area contributed by atoms with E-state index in [4.69, 9.17) is 9.52 Å². The average Bonchev–Trinajstić information content (AvgIpc) is 2.67. The Bertz CT molecular complexity index is 631. The summed E-state index contributed by atoms with van der Waals surface area (Å²) in [5, 5.41) is 12.1. The molecule has 0 fully saturated rings. The molecule has 4 nitrogen and oxygen atoms in total. The standard InChI is InChI=1S/C12H10F3NO3/c1-2-16-9-7-4-3-6(12(13,14)15)5-8(7)19-10(9)11(17)18/h3-5,16H,2H2,1H3,(H,17,18). The highest BCUT2D eigenvalue weighted by Crippen LogP contribution is 2.36. The number of nitrogens with one attached hydrogen (secondary N) is 1. The summed E-state index contributed by atoms with van der Waals surface area (Å²) >= 11 is 0. The molecule has 7 heteroatoms. The van der Waals surface area contributed by atoms with E-state index < -0.39 is 23.5 Å². The van der Waals surface area contributed by atoms with Crippen molar-refractivity contribution in [3.8, 4) is 0 Å². The van der Waals surface area contributed by atoms with Crippen LogP contribution < -0.4 is 5.32 Å². The molecule has 0 radical (unpaired) electrons. The molecular formula is C12H10F3NO3. The van der Waals surface area contributed by atoms with Gasteiger partial charge in [0.05, 0.1) is 11.3 Å². The van der Waals surface area contributed by atoms with Crippen molar-refractivity contribution < 1.29 is 27.5 Å². The maximum absolute atomic E-state index is 12.6. The van der Waals surface area contributed by atoms with Gasteiger partial charge in [-0.1, -0.05) is 0 Å². The second kappa shape index (κ2) is 4.49. The molecule has 0 aliphatic heterocycles. The zero-order valence-corrected chi connectivity index (χ0v) is 9.84.